The molecule has 3 aromatic carbocycles. The first-order valence-electron chi connectivity index (χ1n) is 12.3. The third-order valence-corrected chi connectivity index (χ3v) is 8.73. The van der Waals surface area contributed by atoms with Crippen LogP contribution >= 0.6 is 0 Å². The van der Waals surface area contributed by atoms with Gasteiger partial charge in [0.25, 0.3) is 0 Å². The Morgan fingerprint density at radius 3 is 2.44 bits per heavy atom. The molecule has 0 saturated carbocycles. The highest BCUT2D eigenvalue weighted by molar-refractivity contribution is 7.89. The number of nitrogens with zero attached hydrogens (tertiary/aromatic N) is 1. The number of sulfonamides is 1. The molecule has 0 heterocycles. The van der Waals surface area contributed by atoms with Gasteiger partial charge in [0.1, 0.15) is 5.75 Å². The zero-order chi connectivity index (χ0) is 25.9. The summed E-state index contributed by atoms with van der Waals surface area (Å²) < 4.78 is 34.7. The summed E-state index contributed by atoms with van der Waals surface area (Å²) in [6, 6.07) is 20.4. The maximum atomic E-state index is 13.8. The zero-order valence-electron chi connectivity index (χ0n) is 21.0. The first-order chi connectivity index (χ1) is 17.2. The Kier molecular flexibility index (Phi) is 7.81. The number of hydrogen-bond acceptors (Lipinski definition) is 4. The van der Waals surface area contributed by atoms with Gasteiger partial charge in [-0.1, -0.05) is 68.8 Å². The van der Waals surface area contributed by atoms with E-state index in [0.717, 1.165) is 41.5 Å². The molecule has 190 valence electrons. The minimum atomic E-state index is -3.79. The average Bonchev–Trinajstić information content (AvgIpc) is 3.10. The Morgan fingerprint density at radius 2 is 1.72 bits per heavy atom. The molecule has 0 radical (unpaired) electrons. The molecule has 3 aromatic rings. The van der Waals surface area contributed by atoms with Crippen LogP contribution in [0.1, 0.15) is 61.8 Å². The third kappa shape index (κ3) is 5.47. The van der Waals surface area contributed by atoms with E-state index in [1.54, 1.807) is 37.4 Å². The van der Waals surface area contributed by atoms with Gasteiger partial charge in [0.15, 0.2) is 6.61 Å². The normalized spacial score (nSPS) is 16.0. The van der Waals surface area contributed by atoms with Crippen LogP contribution in [0.3, 0.4) is 0 Å². The van der Waals surface area contributed by atoms with Gasteiger partial charge in [-0.25, -0.2) is 13.2 Å². The van der Waals surface area contributed by atoms with E-state index >= 15 is 0 Å². The lowest BCUT2D eigenvalue weighted by Crippen LogP contribution is -2.31. The lowest BCUT2D eigenvalue weighted by molar-refractivity contribution is -0.139. The second-order valence-corrected chi connectivity index (χ2v) is 11.6. The highest BCUT2D eigenvalue weighted by atomic mass is 32.2. The number of hydrogen-bond donors (Lipinski definition) is 1. The maximum absolute atomic E-state index is 13.8. The van der Waals surface area contributed by atoms with Crippen molar-refractivity contribution in [2.75, 3.05) is 13.7 Å². The van der Waals surface area contributed by atoms with Crippen molar-refractivity contribution >= 4 is 16.0 Å². The molecule has 1 aliphatic rings. The molecule has 0 amide bonds. The fourth-order valence-electron chi connectivity index (χ4n) is 4.86. The molecule has 6 nitrogen and oxygen atoms in total. The van der Waals surface area contributed by atoms with Crippen LogP contribution in [0.2, 0.25) is 0 Å². The predicted octanol–water partition coefficient (Wildman–Crippen LogP) is 6.03. The van der Waals surface area contributed by atoms with Gasteiger partial charge < -0.3 is 9.84 Å². The number of carboxylic acid groups (broad SMARTS) is 1. The van der Waals surface area contributed by atoms with E-state index in [0.29, 0.717) is 18.1 Å². The van der Waals surface area contributed by atoms with Crippen LogP contribution in [0.25, 0.3) is 11.1 Å². The molecule has 1 atom stereocenters. The second kappa shape index (κ2) is 10.8. The van der Waals surface area contributed by atoms with Crippen molar-refractivity contribution in [2.24, 2.45) is 0 Å². The molecule has 1 unspecified atom stereocenters. The van der Waals surface area contributed by atoms with Gasteiger partial charge in [-0.3, -0.25) is 0 Å². The van der Waals surface area contributed by atoms with Crippen LogP contribution in [0.15, 0.2) is 71.6 Å². The minimum Gasteiger partial charge on any atom is -0.482 e. The standard InChI is InChI=1S/C29H33NO5S/c1-20(2)21-9-6-10-22(17-21)23-11-7-12-24(18-23)36(33,34)30(3)27-15-5-4-13-26-25(27)14-8-16-28(26)35-19-29(31)32/h6-12,14,16-18,20,27H,4-5,13,15,19H2,1-3H3,(H,31,32). The summed E-state index contributed by atoms with van der Waals surface area (Å²) in [7, 11) is -2.16. The Labute approximate surface area is 213 Å². The minimum absolute atomic E-state index is 0.251. The molecule has 1 N–H and O–H groups in total. The van der Waals surface area contributed by atoms with Crippen LogP contribution in [0, 0.1) is 0 Å². The Balaban J connectivity index is 1.68. The molecular formula is C29H33NO5S. The summed E-state index contributed by atoms with van der Waals surface area (Å²) >= 11 is 0. The van der Waals surface area contributed by atoms with Gasteiger partial charge in [0.05, 0.1) is 10.9 Å². The van der Waals surface area contributed by atoms with E-state index in [1.807, 2.05) is 24.3 Å². The molecule has 0 saturated heterocycles. The molecule has 0 spiro atoms. The van der Waals surface area contributed by atoms with Crippen molar-refractivity contribution in [2.45, 2.75) is 56.4 Å². The maximum Gasteiger partial charge on any atom is 0.341 e. The largest absolute Gasteiger partial charge is 0.482 e. The molecule has 0 aliphatic heterocycles. The number of carbonyl (C=O) groups is 1. The topological polar surface area (TPSA) is 83.9 Å². The van der Waals surface area contributed by atoms with Crippen molar-refractivity contribution in [1.82, 2.24) is 4.31 Å². The summed E-state index contributed by atoms with van der Waals surface area (Å²) in [5.74, 6) is -0.154. The second-order valence-electron chi connectivity index (χ2n) is 9.60. The fraction of sp³-hybridized carbons (Fsp3) is 0.345. The number of aliphatic carboxylic acids is 1. The van der Waals surface area contributed by atoms with Crippen molar-refractivity contribution in [3.63, 3.8) is 0 Å². The summed E-state index contributed by atoms with van der Waals surface area (Å²) in [4.78, 5) is 11.3. The van der Waals surface area contributed by atoms with E-state index in [1.165, 1.54) is 9.87 Å². The van der Waals surface area contributed by atoms with Crippen molar-refractivity contribution in [3.05, 3.63) is 83.4 Å². The van der Waals surface area contributed by atoms with Crippen molar-refractivity contribution < 1.29 is 23.1 Å². The lowest BCUT2D eigenvalue weighted by atomic mass is 9.97. The first-order valence-corrected chi connectivity index (χ1v) is 13.8. The summed E-state index contributed by atoms with van der Waals surface area (Å²) in [6.45, 7) is 3.84. The molecule has 7 heteroatoms. The van der Waals surface area contributed by atoms with Crippen molar-refractivity contribution in [3.8, 4) is 16.9 Å². The molecule has 0 bridgehead atoms. The number of benzene rings is 3. The smallest absolute Gasteiger partial charge is 0.341 e. The number of carboxylic acids is 1. The van der Waals surface area contributed by atoms with Crippen LogP contribution < -0.4 is 4.74 Å². The number of ether oxygens (including phenoxy) is 1. The highest BCUT2D eigenvalue weighted by Gasteiger charge is 2.32. The van der Waals surface area contributed by atoms with E-state index in [2.05, 4.69) is 26.0 Å². The molecule has 1 aliphatic carbocycles. The monoisotopic (exact) mass is 507 g/mol. The average molecular weight is 508 g/mol. The molecular weight excluding hydrogens is 474 g/mol. The zero-order valence-corrected chi connectivity index (χ0v) is 21.8. The summed E-state index contributed by atoms with van der Waals surface area (Å²) in [5, 5.41) is 9.04. The SMILES string of the molecule is CC(C)c1cccc(-c2cccc(S(=O)(=O)N(C)C3CCCCc4c(OCC(=O)O)cccc43)c2)c1. The van der Waals surface area contributed by atoms with Gasteiger partial charge in [0.2, 0.25) is 10.0 Å². The van der Waals surface area contributed by atoms with Gasteiger partial charge >= 0.3 is 5.97 Å². The Hall–Kier alpha value is -3.16. The molecule has 0 fully saturated rings. The number of fused-ring (bicyclic) bond motifs is 1. The van der Waals surface area contributed by atoms with Gasteiger partial charge in [-0.2, -0.15) is 4.31 Å². The summed E-state index contributed by atoms with van der Waals surface area (Å²) in [5.41, 5.74) is 4.82. The molecule has 4 rings (SSSR count). The van der Waals surface area contributed by atoms with E-state index in [9.17, 15) is 13.2 Å². The Bertz CT molecular complexity index is 1350. The quantitative estimate of drug-likeness (QED) is 0.377. The van der Waals surface area contributed by atoms with Gasteiger partial charge in [0, 0.05) is 7.05 Å². The molecule has 36 heavy (non-hydrogen) atoms. The highest BCUT2D eigenvalue weighted by Crippen LogP contribution is 2.39. The Morgan fingerprint density at radius 1 is 1.03 bits per heavy atom. The van der Waals surface area contributed by atoms with Gasteiger partial charge in [-0.15, -0.1) is 0 Å². The van der Waals surface area contributed by atoms with Crippen molar-refractivity contribution in [1.29, 1.82) is 0 Å². The number of rotatable bonds is 8. The van der Waals surface area contributed by atoms with Crippen LogP contribution in [-0.2, 0) is 21.2 Å². The van der Waals surface area contributed by atoms with Gasteiger partial charge in [-0.05, 0) is 71.2 Å². The lowest BCUT2D eigenvalue weighted by Gasteiger charge is -2.29. The van der Waals surface area contributed by atoms with Crippen LogP contribution in [-0.4, -0.2) is 37.5 Å². The first kappa shape index (κ1) is 25.9. The van der Waals surface area contributed by atoms with Crippen LogP contribution in [0.5, 0.6) is 5.75 Å². The van der Waals surface area contributed by atoms with E-state index < -0.39 is 22.6 Å². The van der Waals surface area contributed by atoms with E-state index in [-0.39, 0.29) is 10.9 Å². The fourth-order valence-corrected chi connectivity index (χ4v) is 6.27. The van der Waals surface area contributed by atoms with E-state index in [4.69, 9.17) is 9.84 Å². The molecule has 0 aromatic heterocycles. The van der Waals surface area contributed by atoms with Crippen LogP contribution in [0.4, 0.5) is 0 Å². The summed E-state index contributed by atoms with van der Waals surface area (Å²) in [6.07, 6.45) is 3.14. The predicted molar refractivity (Wildman–Crippen MR) is 141 cm³/mol. The third-order valence-electron chi connectivity index (χ3n) is 6.87.